The van der Waals surface area contributed by atoms with Gasteiger partial charge in [-0.3, -0.25) is 9.48 Å². The van der Waals surface area contributed by atoms with Crippen molar-refractivity contribution in [2.75, 3.05) is 5.73 Å². The van der Waals surface area contributed by atoms with Crippen LogP contribution in [0.25, 0.3) is 0 Å². The number of nitrogens with zero attached hydrogens (tertiary/aromatic N) is 2. The van der Waals surface area contributed by atoms with Crippen molar-refractivity contribution < 1.29 is 4.79 Å². The molecule has 1 aromatic rings. The van der Waals surface area contributed by atoms with E-state index in [1.807, 2.05) is 0 Å². The van der Waals surface area contributed by atoms with Crippen molar-refractivity contribution in [2.24, 2.45) is 5.41 Å². The monoisotopic (exact) mass is 250 g/mol. The number of anilines is 1. The summed E-state index contributed by atoms with van der Waals surface area (Å²) in [5.74, 6) is 0.457. The molecule has 0 saturated heterocycles. The number of nitrogen functional groups attached to an aromatic ring is 1. The maximum atomic E-state index is 12.0. The lowest BCUT2D eigenvalue weighted by Crippen LogP contribution is -2.47. The van der Waals surface area contributed by atoms with Crippen LogP contribution in [0.3, 0.4) is 0 Å². The molecule has 0 aromatic carbocycles. The minimum Gasteiger partial charge on any atom is -0.382 e. The Morgan fingerprint density at radius 1 is 1.61 bits per heavy atom. The number of carbonyl (C=O) groups excluding carboxylic acids is 1. The molecule has 1 aliphatic rings. The number of carbonyl (C=O) groups is 1. The molecule has 0 aliphatic heterocycles. The highest BCUT2D eigenvalue weighted by atomic mass is 16.2. The van der Waals surface area contributed by atoms with Gasteiger partial charge in [-0.25, -0.2) is 0 Å². The molecule has 1 amide bonds. The van der Waals surface area contributed by atoms with Crippen LogP contribution in [0.1, 0.15) is 39.5 Å². The van der Waals surface area contributed by atoms with E-state index in [-0.39, 0.29) is 23.9 Å². The fourth-order valence-corrected chi connectivity index (χ4v) is 2.61. The summed E-state index contributed by atoms with van der Waals surface area (Å²) < 4.78 is 1.57. The number of nitrogens with one attached hydrogen (secondary N) is 1. The van der Waals surface area contributed by atoms with Gasteiger partial charge in [0, 0.05) is 12.2 Å². The van der Waals surface area contributed by atoms with Gasteiger partial charge in [-0.2, -0.15) is 5.10 Å². The first-order chi connectivity index (χ1) is 8.47. The van der Waals surface area contributed by atoms with Crippen molar-refractivity contribution in [2.45, 2.75) is 52.1 Å². The average molecular weight is 250 g/mol. The summed E-state index contributed by atoms with van der Waals surface area (Å²) in [6.07, 6.45) is 6.42. The topological polar surface area (TPSA) is 72.9 Å². The Kier molecular flexibility index (Phi) is 3.59. The first-order valence-corrected chi connectivity index (χ1v) is 6.56. The zero-order valence-electron chi connectivity index (χ0n) is 11.1. The Morgan fingerprint density at radius 3 is 3.00 bits per heavy atom. The zero-order chi connectivity index (χ0) is 13.2. The second-order valence-electron chi connectivity index (χ2n) is 5.79. The third-order valence-corrected chi connectivity index (χ3v) is 3.81. The number of hydrogen-bond acceptors (Lipinski definition) is 3. The Balaban J connectivity index is 1.90. The highest BCUT2D eigenvalue weighted by Crippen LogP contribution is 2.35. The summed E-state index contributed by atoms with van der Waals surface area (Å²) >= 11 is 0. The van der Waals surface area contributed by atoms with Crippen LogP contribution < -0.4 is 11.1 Å². The SMILES string of the molecule is CC1(C)CCCCC1NC(=O)Cn1ccc(N)n1. The second kappa shape index (κ2) is 5.00. The van der Waals surface area contributed by atoms with Crippen LogP contribution in [0.15, 0.2) is 12.3 Å². The molecule has 1 aliphatic carbocycles. The number of amides is 1. The summed E-state index contributed by atoms with van der Waals surface area (Å²) in [6, 6.07) is 1.96. The number of aromatic nitrogens is 2. The first kappa shape index (κ1) is 12.9. The molecule has 1 unspecified atom stereocenters. The number of rotatable bonds is 3. The maximum absolute atomic E-state index is 12.0. The fourth-order valence-electron chi connectivity index (χ4n) is 2.61. The molecule has 3 N–H and O–H groups in total. The van der Waals surface area contributed by atoms with Gasteiger partial charge in [0.05, 0.1) is 0 Å². The van der Waals surface area contributed by atoms with Crippen molar-refractivity contribution in [1.29, 1.82) is 0 Å². The number of hydrogen-bond donors (Lipinski definition) is 2. The molecule has 2 rings (SSSR count). The van der Waals surface area contributed by atoms with E-state index in [0.29, 0.717) is 5.82 Å². The summed E-state index contributed by atoms with van der Waals surface area (Å²) in [6.45, 7) is 4.69. The lowest BCUT2D eigenvalue weighted by atomic mass is 9.73. The predicted octanol–water partition coefficient (Wildman–Crippen LogP) is 1.55. The van der Waals surface area contributed by atoms with Gasteiger partial charge in [-0.15, -0.1) is 0 Å². The molecule has 1 fully saturated rings. The lowest BCUT2D eigenvalue weighted by Gasteiger charge is -2.39. The summed E-state index contributed by atoms with van der Waals surface area (Å²) in [7, 11) is 0. The van der Waals surface area contributed by atoms with Crippen LogP contribution >= 0.6 is 0 Å². The van der Waals surface area contributed by atoms with Crippen LogP contribution in [0.2, 0.25) is 0 Å². The van der Waals surface area contributed by atoms with Crippen LogP contribution in [0.5, 0.6) is 0 Å². The van der Waals surface area contributed by atoms with E-state index in [1.54, 1.807) is 16.9 Å². The molecule has 1 aromatic heterocycles. The van der Waals surface area contributed by atoms with Gasteiger partial charge < -0.3 is 11.1 Å². The Bertz CT molecular complexity index is 424. The smallest absolute Gasteiger partial charge is 0.241 e. The van der Waals surface area contributed by atoms with Crippen molar-refractivity contribution in [3.63, 3.8) is 0 Å². The summed E-state index contributed by atoms with van der Waals surface area (Å²) in [5, 5.41) is 7.14. The largest absolute Gasteiger partial charge is 0.382 e. The van der Waals surface area contributed by atoms with Gasteiger partial charge in [-0.05, 0) is 24.3 Å². The minimum absolute atomic E-state index is 0.0121. The fraction of sp³-hybridized carbons (Fsp3) is 0.692. The quantitative estimate of drug-likeness (QED) is 0.855. The van der Waals surface area contributed by atoms with E-state index in [1.165, 1.54) is 19.3 Å². The highest BCUT2D eigenvalue weighted by molar-refractivity contribution is 5.76. The van der Waals surface area contributed by atoms with E-state index < -0.39 is 0 Å². The van der Waals surface area contributed by atoms with Gasteiger partial charge in [0.25, 0.3) is 0 Å². The zero-order valence-corrected chi connectivity index (χ0v) is 11.1. The van der Waals surface area contributed by atoms with E-state index in [4.69, 9.17) is 5.73 Å². The van der Waals surface area contributed by atoms with Crippen LogP contribution in [0, 0.1) is 5.41 Å². The third kappa shape index (κ3) is 3.03. The molecule has 18 heavy (non-hydrogen) atoms. The summed E-state index contributed by atoms with van der Waals surface area (Å²) in [4.78, 5) is 12.0. The standard InChI is InChI=1S/C13H22N4O/c1-13(2)7-4-3-5-10(13)15-12(18)9-17-8-6-11(14)16-17/h6,8,10H,3-5,7,9H2,1-2H3,(H2,14,16)(H,15,18). The maximum Gasteiger partial charge on any atom is 0.241 e. The van der Waals surface area contributed by atoms with E-state index in [9.17, 15) is 4.79 Å². The van der Waals surface area contributed by atoms with Crippen molar-refractivity contribution in [3.05, 3.63) is 12.3 Å². The normalized spacial score (nSPS) is 22.7. The molecule has 5 nitrogen and oxygen atoms in total. The molecule has 0 spiro atoms. The van der Waals surface area contributed by atoms with Crippen molar-refractivity contribution >= 4 is 11.7 Å². The van der Waals surface area contributed by atoms with E-state index in [2.05, 4.69) is 24.3 Å². The van der Waals surface area contributed by atoms with Crippen LogP contribution in [0.4, 0.5) is 5.82 Å². The highest BCUT2D eigenvalue weighted by Gasteiger charge is 2.33. The van der Waals surface area contributed by atoms with Gasteiger partial charge in [0.15, 0.2) is 0 Å². The molecular weight excluding hydrogens is 228 g/mol. The van der Waals surface area contributed by atoms with Gasteiger partial charge in [-0.1, -0.05) is 26.7 Å². The first-order valence-electron chi connectivity index (χ1n) is 6.56. The molecule has 0 bridgehead atoms. The molecule has 1 heterocycles. The molecular formula is C13H22N4O. The third-order valence-electron chi connectivity index (χ3n) is 3.81. The van der Waals surface area contributed by atoms with Crippen LogP contribution in [-0.4, -0.2) is 21.7 Å². The molecule has 1 atom stereocenters. The summed E-state index contributed by atoms with van der Waals surface area (Å²) in [5.41, 5.74) is 5.71. The molecule has 100 valence electrons. The van der Waals surface area contributed by atoms with E-state index in [0.717, 1.165) is 6.42 Å². The van der Waals surface area contributed by atoms with Crippen molar-refractivity contribution in [1.82, 2.24) is 15.1 Å². The Labute approximate surface area is 108 Å². The molecule has 5 heteroatoms. The van der Waals surface area contributed by atoms with E-state index >= 15 is 0 Å². The van der Waals surface area contributed by atoms with Gasteiger partial charge in [0.2, 0.25) is 5.91 Å². The molecule has 0 radical (unpaired) electrons. The Hall–Kier alpha value is -1.52. The van der Waals surface area contributed by atoms with Crippen molar-refractivity contribution in [3.8, 4) is 0 Å². The number of nitrogens with two attached hydrogens (primary N) is 1. The Morgan fingerprint density at radius 2 is 2.39 bits per heavy atom. The van der Waals surface area contributed by atoms with Gasteiger partial charge in [0.1, 0.15) is 12.4 Å². The predicted molar refractivity (Wildman–Crippen MR) is 70.8 cm³/mol. The molecule has 1 saturated carbocycles. The van der Waals surface area contributed by atoms with Crippen LogP contribution in [-0.2, 0) is 11.3 Å². The average Bonchev–Trinajstić information content (AvgIpc) is 2.67. The second-order valence-corrected chi connectivity index (χ2v) is 5.79. The van der Waals surface area contributed by atoms with Gasteiger partial charge >= 0.3 is 0 Å². The lowest BCUT2D eigenvalue weighted by molar-refractivity contribution is -0.123. The minimum atomic E-state index is 0.0121.